The van der Waals surface area contributed by atoms with E-state index in [1.54, 1.807) is 72.8 Å². The van der Waals surface area contributed by atoms with Crippen LogP contribution in [-0.4, -0.2) is 33.9 Å². The molecular weight excluding hydrogens is 428 g/mol. The van der Waals surface area contributed by atoms with E-state index >= 15 is 0 Å². The zero-order valence-electron chi connectivity index (χ0n) is 17.4. The molecule has 0 spiro atoms. The van der Waals surface area contributed by atoms with Crippen LogP contribution in [0.5, 0.6) is 5.75 Å². The van der Waals surface area contributed by atoms with E-state index in [1.807, 2.05) is 0 Å². The van der Waals surface area contributed by atoms with Gasteiger partial charge >= 0.3 is 0 Å². The Morgan fingerprint density at radius 1 is 1.00 bits per heavy atom. The summed E-state index contributed by atoms with van der Waals surface area (Å²) in [4.78, 5) is 27.3. The van der Waals surface area contributed by atoms with Gasteiger partial charge in [0.05, 0.1) is 28.6 Å². The Bertz CT molecular complexity index is 1260. The van der Waals surface area contributed by atoms with Crippen LogP contribution in [0.2, 0.25) is 0 Å². The van der Waals surface area contributed by atoms with Crippen LogP contribution in [0.4, 0.5) is 11.4 Å². The SMILES string of the molecule is COc1ccccc1NC(=O)CN1C(=O)C[C@@H](c2ccccc2)S(=O)(=O)c2ccccc21. The molecule has 0 unspecified atom stereocenters. The van der Waals surface area contributed by atoms with Crippen molar-refractivity contribution in [2.24, 2.45) is 0 Å². The maximum atomic E-state index is 13.5. The quantitative estimate of drug-likeness (QED) is 0.641. The van der Waals surface area contributed by atoms with Crippen molar-refractivity contribution >= 4 is 33.0 Å². The molecule has 164 valence electrons. The maximum Gasteiger partial charge on any atom is 0.244 e. The predicted molar refractivity (Wildman–Crippen MR) is 121 cm³/mol. The maximum absolute atomic E-state index is 13.5. The van der Waals surface area contributed by atoms with Crippen LogP contribution in [0.25, 0.3) is 0 Å². The number of ether oxygens (including phenoxy) is 1. The number of carbonyl (C=O) groups excluding carboxylic acids is 2. The number of benzene rings is 3. The van der Waals surface area contributed by atoms with Gasteiger partial charge in [-0.3, -0.25) is 9.59 Å². The van der Waals surface area contributed by atoms with E-state index in [-0.39, 0.29) is 23.5 Å². The minimum atomic E-state index is -3.86. The number of hydrogen-bond acceptors (Lipinski definition) is 5. The third-order valence-electron chi connectivity index (χ3n) is 5.35. The molecule has 1 N–H and O–H groups in total. The second kappa shape index (κ2) is 8.84. The minimum absolute atomic E-state index is 0.0322. The molecule has 0 radical (unpaired) electrons. The van der Waals surface area contributed by atoms with Crippen molar-refractivity contribution in [3.05, 3.63) is 84.4 Å². The summed E-state index contributed by atoms with van der Waals surface area (Å²) in [6.07, 6.45) is -0.261. The van der Waals surface area contributed by atoms with E-state index in [4.69, 9.17) is 4.74 Å². The summed E-state index contributed by atoms with van der Waals surface area (Å²) in [5.74, 6) is -0.425. The summed E-state index contributed by atoms with van der Waals surface area (Å²) < 4.78 is 32.2. The van der Waals surface area contributed by atoms with Crippen LogP contribution in [0, 0.1) is 0 Å². The topological polar surface area (TPSA) is 92.8 Å². The van der Waals surface area contributed by atoms with Gasteiger partial charge in [-0.05, 0) is 29.8 Å². The second-order valence-corrected chi connectivity index (χ2v) is 9.44. The molecule has 0 saturated heterocycles. The van der Waals surface area contributed by atoms with E-state index in [9.17, 15) is 18.0 Å². The van der Waals surface area contributed by atoms with Crippen LogP contribution >= 0.6 is 0 Å². The van der Waals surface area contributed by atoms with Crippen molar-refractivity contribution in [2.75, 3.05) is 23.9 Å². The largest absolute Gasteiger partial charge is 0.495 e. The first-order valence-electron chi connectivity index (χ1n) is 10.0. The van der Waals surface area contributed by atoms with E-state index in [1.165, 1.54) is 18.1 Å². The summed E-state index contributed by atoms with van der Waals surface area (Å²) in [6.45, 7) is -0.328. The minimum Gasteiger partial charge on any atom is -0.495 e. The number of para-hydroxylation sites is 3. The third-order valence-corrected chi connectivity index (χ3v) is 7.50. The average molecular weight is 451 g/mol. The Kier molecular flexibility index (Phi) is 5.96. The van der Waals surface area contributed by atoms with E-state index in [2.05, 4.69) is 5.32 Å². The van der Waals surface area contributed by atoms with Crippen molar-refractivity contribution in [3.63, 3.8) is 0 Å². The standard InChI is InChI=1S/C24H22N2O5S/c1-31-20-13-7-5-11-18(20)25-23(27)16-26-19-12-6-8-14-21(19)32(29,30)22(15-24(26)28)17-9-3-2-4-10-17/h2-14,22H,15-16H2,1H3,(H,25,27)/t22-/m0/s1. The fourth-order valence-corrected chi connectivity index (χ4v) is 5.73. The van der Waals surface area contributed by atoms with Gasteiger partial charge in [-0.1, -0.05) is 54.6 Å². The number of rotatable bonds is 5. The van der Waals surface area contributed by atoms with Crippen molar-refractivity contribution in [1.29, 1.82) is 0 Å². The molecule has 32 heavy (non-hydrogen) atoms. The summed E-state index contributed by atoms with van der Waals surface area (Å²) in [5, 5.41) is 1.71. The number of hydrogen-bond donors (Lipinski definition) is 1. The number of amides is 2. The molecule has 0 saturated carbocycles. The summed E-state index contributed by atoms with van der Waals surface area (Å²) in [5.41, 5.74) is 1.20. The number of carbonyl (C=O) groups is 2. The molecular formula is C24H22N2O5S. The number of methoxy groups -OCH3 is 1. The lowest BCUT2D eigenvalue weighted by atomic mass is 10.1. The van der Waals surface area contributed by atoms with E-state index in [0.717, 1.165) is 0 Å². The van der Waals surface area contributed by atoms with Gasteiger partial charge in [-0.15, -0.1) is 0 Å². The Morgan fingerprint density at radius 3 is 2.41 bits per heavy atom. The smallest absolute Gasteiger partial charge is 0.244 e. The van der Waals surface area contributed by atoms with E-state index < -0.39 is 26.9 Å². The van der Waals surface area contributed by atoms with E-state index in [0.29, 0.717) is 17.0 Å². The number of nitrogens with one attached hydrogen (secondary N) is 1. The molecule has 3 aromatic rings. The molecule has 0 bridgehead atoms. The number of anilines is 2. The number of nitrogens with zero attached hydrogens (tertiary/aromatic N) is 1. The highest BCUT2D eigenvalue weighted by atomic mass is 32.2. The molecule has 1 heterocycles. The third kappa shape index (κ3) is 4.09. The van der Waals surface area contributed by atoms with Crippen LogP contribution in [-0.2, 0) is 19.4 Å². The Balaban J connectivity index is 1.69. The Morgan fingerprint density at radius 2 is 1.66 bits per heavy atom. The monoisotopic (exact) mass is 450 g/mol. The highest BCUT2D eigenvalue weighted by Crippen LogP contribution is 2.40. The van der Waals surface area contributed by atoms with Gasteiger partial charge in [-0.25, -0.2) is 8.42 Å². The molecule has 4 rings (SSSR count). The second-order valence-electron chi connectivity index (χ2n) is 7.34. The molecule has 0 aromatic heterocycles. The fraction of sp³-hybridized carbons (Fsp3) is 0.167. The Hall–Kier alpha value is -3.65. The molecule has 1 aliphatic rings. The molecule has 1 aliphatic heterocycles. The summed E-state index contributed by atoms with van der Waals surface area (Å²) in [7, 11) is -2.36. The lowest BCUT2D eigenvalue weighted by molar-refractivity contribution is -0.121. The zero-order chi connectivity index (χ0) is 22.7. The van der Waals surface area contributed by atoms with Gasteiger partial charge < -0.3 is 15.0 Å². The first-order valence-corrected chi connectivity index (χ1v) is 11.6. The van der Waals surface area contributed by atoms with Crippen molar-refractivity contribution in [2.45, 2.75) is 16.6 Å². The average Bonchev–Trinajstić information content (AvgIpc) is 2.89. The van der Waals surface area contributed by atoms with Crippen LogP contribution in [0.15, 0.2) is 83.8 Å². The number of fused-ring (bicyclic) bond motifs is 1. The van der Waals surface area contributed by atoms with Crippen LogP contribution < -0.4 is 15.0 Å². The van der Waals surface area contributed by atoms with Gasteiger partial charge in [0.25, 0.3) is 0 Å². The molecule has 7 nitrogen and oxygen atoms in total. The lowest BCUT2D eigenvalue weighted by Gasteiger charge is -2.22. The molecule has 3 aromatic carbocycles. The normalized spacial score (nSPS) is 17.2. The van der Waals surface area contributed by atoms with Crippen LogP contribution in [0.3, 0.4) is 0 Å². The van der Waals surface area contributed by atoms with Crippen molar-refractivity contribution in [1.82, 2.24) is 0 Å². The summed E-state index contributed by atoms with van der Waals surface area (Å²) in [6, 6.07) is 21.9. The van der Waals surface area contributed by atoms with Crippen molar-refractivity contribution < 1.29 is 22.7 Å². The zero-order valence-corrected chi connectivity index (χ0v) is 18.2. The number of sulfone groups is 1. The first kappa shape index (κ1) is 21.6. The molecule has 0 aliphatic carbocycles. The van der Waals surface area contributed by atoms with Gasteiger partial charge in [0.2, 0.25) is 11.8 Å². The molecule has 8 heteroatoms. The molecule has 0 fully saturated rings. The van der Waals surface area contributed by atoms with Crippen molar-refractivity contribution in [3.8, 4) is 5.75 Å². The van der Waals surface area contributed by atoms with Gasteiger partial charge in [0.15, 0.2) is 9.84 Å². The lowest BCUT2D eigenvalue weighted by Crippen LogP contribution is -2.38. The van der Waals surface area contributed by atoms with Crippen LogP contribution in [0.1, 0.15) is 17.2 Å². The Labute approximate surface area is 186 Å². The highest BCUT2D eigenvalue weighted by Gasteiger charge is 2.39. The molecule has 2 amide bonds. The fourth-order valence-electron chi connectivity index (χ4n) is 3.81. The predicted octanol–water partition coefficient (Wildman–Crippen LogP) is 3.59. The molecule has 1 atom stereocenters. The first-order chi connectivity index (χ1) is 15.4. The summed E-state index contributed by atoms with van der Waals surface area (Å²) >= 11 is 0. The highest BCUT2D eigenvalue weighted by molar-refractivity contribution is 7.92. The van der Waals surface area contributed by atoms with Gasteiger partial charge in [0.1, 0.15) is 12.3 Å². The van der Waals surface area contributed by atoms with Gasteiger partial charge in [0, 0.05) is 6.42 Å². The van der Waals surface area contributed by atoms with Gasteiger partial charge in [-0.2, -0.15) is 0 Å².